The third-order valence-corrected chi connectivity index (χ3v) is 1.96. The van der Waals surface area contributed by atoms with Crippen molar-refractivity contribution in [1.82, 2.24) is 0 Å². The minimum absolute atomic E-state index is 0.118. The van der Waals surface area contributed by atoms with Crippen LogP contribution in [0, 0.1) is 5.41 Å². The maximum Gasteiger partial charge on any atom is 0.508 e. The number of rotatable bonds is 3. The summed E-state index contributed by atoms with van der Waals surface area (Å²) in [7, 11) is 0. The van der Waals surface area contributed by atoms with Crippen LogP contribution >= 0.6 is 0 Å². The van der Waals surface area contributed by atoms with Crippen LogP contribution in [-0.4, -0.2) is 37.4 Å². The molecule has 0 amide bonds. The number of aliphatic hydroxyl groups excluding tert-OH is 1. The van der Waals surface area contributed by atoms with Gasteiger partial charge in [-0.05, 0) is 13.8 Å². The van der Waals surface area contributed by atoms with E-state index in [1.165, 1.54) is 0 Å². The van der Waals surface area contributed by atoms with Crippen LogP contribution in [0.25, 0.3) is 0 Å². The van der Waals surface area contributed by atoms with Crippen LogP contribution in [0.3, 0.4) is 0 Å². The number of hydrogen-bond donors (Lipinski definition) is 1. The number of hydrogen-bond acceptors (Lipinski definition) is 5. The van der Waals surface area contributed by atoms with E-state index >= 15 is 0 Å². The van der Waals surface area contributed by atoms with E-state index < -0.39 is 17.9 Å². The first-order valence-corrected chi connectivity index (χ1v) is 4.18. The molecular weight excluding hydrogens is 176 g/mol. The van der Waals surface area contributed by atoms with E-state index in [1.807, 2.05) is 0 Å². The molecule has 1 aliphatic heterocycles. The third-order valence-electron chi connectivity index (χ3n) is 1.96. The van der Waals surface area contributed by atoms with Crippen molar-refractivity contribution in [3.8, 4) is 0 Å². The Labute approximate surface area is 76.6 Å². The molecule has 0 aliphatic carbocycles. The van der Waals surface area contributed by atoms with Crippen molar-refractivity contribution in [2.75, 3.05) is 19.8 Å². The van der Waals surface area contributed by atoms with Crippen LogP contribution in [0.4, 0.5) is 4.79 Å². The largest absolute Gasteiger partial charge is 0.508 e. The van der Waals surface area contributed by atoms with Crippen LogP contribution < -0.4 is 0 Å². The zero-order valence-corrected chi connectivity index (χ0v) is 7.78. The Hall–Kier alpha value is -0.810. The van der Waals surface area contributed by atoms with Gasteiger partial charge in [-0.3, -0.25) is 0 Å². The monoisotopic (exact) mass is 190 g/mol. The van der Waals surface area contributed by atoms with Gasteiger partial charge in [-0.2, -0.15) is 0 Å². The second-order valence-corrected chi connectivity index (χ2v) is 3.29. The smallest absolute Gasteiger partial charge is 0.433 e. The summed E-state index contributed by atoms with van der Waals surface area (Å²) in [6, 6.07) is 0. The van der Waals surface area contributed by atoms with Gasteiger partial charge in [0, 0.05) is 6.61 Å². The lowest BCUT2D eigenvalue weighted by atomic mass is 9.91. The predicted octanol–water partition coefficient (Wildman–Crippen LogP) is 0.514. The maximum atomic E-state index is 10.6. The fourth-order valence-electron chi connectivity index (χ4n) is 1.03. The first-order chi connectivity index (χ1) is 6.08. The van der Waals surface area contributed by atoms with Crippen LogP contribution in [0.5, 0.6) is 0 Å². The fourth-order valence-corrected chi connectivity index (χ4v) is 1.03. The van der Waals surface area contributed by atoms with E-state index in [2.05, 4.69) is 9.47 Å². The zero-order chi connectivity index (χ0) is 9.90. The molecule has 0 aromatic carbocycles. The SMILES string of the molecule is CCOC(O)C1(C)COC(=O)OC1. The summed E-state index contributed by atoms with van der Waals surface area (Å²) < 4.78 is 14.3. The molecule has 0 aromatic heterocycles. The van der Waals surface area contributed by atoms with Gasteiger partial charge in [0.2, 0.25) is 0 Å². The highest BCUT2D eigenvalue weighted by atomic mass is 16.7. The van der Waals surface area contributed by atoms with E-state index in [-0.39, 0.29) is 13.2 Å². The second-order valence-electron chi connectivity index (χ2n) is 3.29. The van der Waals surface area contributed by atoms with Crippen molar-refractivity contribution in [1.29, 1.82) is 0 Å². The molecule has 1 fully saturated rings. The number of ether oxygens (including phenoxy) is 3. The van der Waals surface area contributed by atoms with E-state index in [1.54, 1.807) is 13.8 Å². The van der Waals surface area contributed by atoms with Crippen molar-refractivity contribution >= 4 is 6.16 Å². The summed E-state index contributed by atoms with van der Waals surface area (Å²) in [5.41, 5.74) is -0.663. The number of carbonyl (C=O) groups is 1. The van der Waals surface area contributed by atoms with E-state index in [0.29, 0.717) is 6.61 Å². The molecule has 0 spiro atoms. The average Bonchev–Trinajstić information content (AvgIpc) is 2.11. The molecule has 13 heavy (non-hydrogen) atoms. The molecule has 1 N–H and O–H groups in total. The Bertz CT molecular complexity index is 181. The Kier molecular flexibility index (Phi) is 3.11. The number of carbonyl (C=O) groups excluding carboxylic acids is 1. The maximum absolute atomic E-state index is 10.6. The minimum atomic E-state index is -0.967. The van der Waals surface area contributed by atoms with Gasteiger partial charge in [0.25, 0.3) is 0 Å². The van der Waals surface area contributed by atoms with Gasteiger partial charge in [0.1, 0.15) is 13.2 Å². The molecule has 1 saturated heterocycles. The summed E-state index contributed by atoms with van der Waals surface area (Å²) in [6.45, 7) is 4.16. The molecule has 0 aromatic rings. The first-order valence-electron chi connectivity index (χ1n) is 4.18. The quantitative estimate of drug-likeness (QED) is 0.519. The van der Waals surface area contributed by atoms with E-state index in [4.69, 9.17) is 4.74 Å². The van der Waals surface area contributed by atoms with Crippen LogP contribution in [0.2, 0.25) is 0 Å². The van der Waals surface area contributed by atoms with Crippen LogP contribution in [0.1, 0.15) is 13.8 Å². The first kappa shape index (κ1) is 10.3. The van der Waals surface area contributed by atoms with Gasteiger partial charge in [-0.15, -0.1) is 0 Å². The van der Waals surface area contributed by atoms with Crippen molar-refractivity contribution in [3.05, 3.63) is 0 Å². The summed E-state index contributed by atoms with van der Waals surface area (Å²) in [4.78, 5) is 10.6. The van der Waals surface area contributed by atoms with Crippen LogP contribution in [-0.2, 0) is 14.2 Å². The summed E-state index contributed by atoms with van der Waals surface area (Å²) in [5.74, 6) is 0. The van der Waals surface area contributed by atoms with Crippen molar-refractivity contribution in [3.63, 3.8) is 0 Å². The van der Waals surface area contributed by atoms with E-state index in [0.717, 1.165) is 0 Å². The molecule has 1 rings (SSSR count). The van der Waals surface area contributed by atoms with Gasteiger partial charge in [0.15, 0.2) is 6.29 Å². The molecule has 1 atom stereocenters. The zero-order valence-electron chi connectivity index (χ0n) is 7.78. The molecule has 0 bridgehead atoms. The van der Waals surface area contributed by atoms with Crippen molar-refractivity contribution in [2.45, 2.75) is 20.1 Å². The predicted molar refractivity (Wildman–Crippen MR) is 43.0 cm³/mol. The fraction of sp³-hybridized carbons (Fsp3) is 0.875. The molecule has 0 saturated carbocycles. The van der Waals surface area contributed by atoms with Gasteiger partial charge < -0.3 is 19.3 Å². The molecular formula is C8H14O5. The Balaban J connectivity index is 2.50. The van der Waals surface area contributed by atoms with Gasteiger partial charge >= 0.3 is 6.16 Å². The molecule has 1 aliphatic rings. The highest BCUT2D eigenvalue weighted by Gasteiger charge is 2.40. The lowest BCUT2D eigenvalue weighted by molar-refractivity contribution is -0.208. The Morgan fingerprint density at radius 2 is 2.15 bits per heavy atom. The standard InChI is InChI=1S/C8H14O5/c1-3-11-6(9)8(2)4-12-7(10)13-5-8/h6,9H,3-5H2,1-2H3. The lowest BCUT2D eigenvalue weighted by Gasteiger charge is -2.35. The number of cyclic esters (lactones) is 2. The Morgan fingerprint density at radius 1 is 1.62 bits per heavy atom. The summed E-state index contributed by atoms with van der Waals surface area (Å²) in [6.07, 6.45) is -1.66. The molecule has 0 radical (unpaired) electrons. The van der Waals surface area contributed by atoms with Gasteiger partial charge in [-0.25, -0.2) is 4.79 Å². The second kappa shape index (κ2) is 3.93. The molecule has 1 heterocycles. The third kappa shape index (κ3) is 2.32. The topological polar surface area (TPSA) is 65.0 Å². The summed E-state index contributed by atoms with van der Waals surface area (Å²) >= 11 is 0. The van der Waals surface area contributed by atoms with Crippen molar-refractivity contribution in [2.24, 2.45) is 5.41 Å². The molecule has 5 nitrogen and oxygen atoms in total. The van der Waals surface area contributed by atoms with Crippen LogP contribution in [0.15, 0.2) is 0 Å². The minimum Gasteiger partial charge on any atom is -0.433 e. The highest BCUT2D eigenvalue weighted by molar-refractivity contribution is 5.60. The summed E-state index contributed by atoms with van der Waals surface area (Å²) in [5, 5.41) is 9.53. The highest BCUT2D eigenvalue weighted by Crippen LogP contribution is 2.27. The number of aliphatic hydroxyl groups is 1. The van der Waals surface area contributed by atoms with Gasteiger partial charge in [0.05, 0.1) is 5.41 Å². The van der Waals surface area contributed by atoms with Crippen molar-refractivity contribution < 1.29 is 24.1 Å². The Morgan fingerprint density at radius 3 is 2.62 bits per heavy atom. The van der Waals surface area contributed by atoms with Gasteiger partial charge in [-0.1, -0.05) is 0 Å². The molecule has 1 unspecified atom stereocenters. The normalized spacial score (nSPS) is 23.2. The molecule has 76 valence electrons. The lowest BCUT2D eigenvalue weighted by Crippen LogP contribution is -2.46. The van der Waals surface area contributed by atoms with E-state index in [9.17, 15) is 9.90 Å². The molecule has 5 heteroatoms. The average molecular weight is 190 g/mol.